The maximum atomic E-state index is 13.1. The van der Waals surface area contributed by atoms with E-state index in [1.165, 1.54) is 263 Å². The number of rotatable bonds is 61. The molecule has 1 rings (SSSR count). The molecule has 1 heterocycles. The van der Waals surface area contributed by atoms with E-state index in [1.54, 1.807) is 6.08 Å². The van der Waals surface area contributed by atoms with Gasteiger partial charge in [-0.2, -0.15) is 0 Å². The predicted molar refractivity (Wildman–Crippen MR) is 346 cm³/mol. The number of nitrogens with one attached hydrogen (secondary N) is 1. The third kappa shape index (κ3) is 49.8. The highest BCUT2D eigenvalue weighted by atomic mass is 16.7. The SMILES string of the molecule is CCCCCCC/C=C\C/C=C\C/C=C\CCCCCCCCCCCCC(=O)NC(COC1OC(CO)C(O)C(O)C1O)C(O)/C=C/CC/C=C/CCCCCCCCCCCCCCCCCCCCCCCCCCCCC. The Labute approximate surface area is 500 Å². The normalized spacial score (nSPS) is 18.7. The first-order valence-corrected chi connectivity index (χ1v) is 35.0. The van der Waals surface area contributed by atoms with Gasteiger partial charge in [0.05, 0.1) is 25.4 Å². The lowest BCUT2D eigenvalue weighted by molar-refractivity contribution is -0.302. The van der Waals surface area contributed by atoms with Crippen LogP contribution in [0.2, 0.25) is 0 Å². The number of amides is 1. The van der Waals surface area contributed by atoms with Crippen LogP contribution in [0.1, 0.15) is 335 Å². The van der Waals surface area contributed by atoms with E-state index in [0.29, 0.717) is 6.42 Å². The molecule has 7 unspecified atom stereocenters. The van der Waals surface area contributed by atoms with Crippen LogP contribution in [0.4, 0.5) is 0 Å². The van der Waals surface area contributed by atoms with Gasteiger partial charge in [-0.15, -0.1) is 0 Å². The van der Waals surface area contributed by atoms with Crippen molar-refractivity contribution in [3.05, 3.63) is 60.8 Å². The topological polar surface area (TPSA) is 149 Å². The number of hydrogen-bond donors (Lipinski definition) is 6. The predicted octanol–water partition coefficient (Wildman–Crippen LogP) is 19.0. The smallest absolute Gasteiger partial charge is 0.220 e. The van der Waals surface area contributed by atoms with Crippen molar-refractivity contribution in [2.45, 2.75) is 378 Å². The summed E-state index contributed by atoms with van der Waals surface area (Å²) in [5, 5.41) is 54.7. The molecule has 0 aromatic rings. The second kappa shape index (κ2) is 61.0. The maximum Gasteiger partial charge on any atom is 0.220 e. The summed E-state index contributed by atoms with van der Waals surface area (Å²) in [6.45, 7) is 3.79. The van der Waals surface area contributed by atoms with Gasteiger partial charge in [-0.05, 0) is 70.6 Å². The van der Waals surface area contributed by atoms with E-state index in [1.807, 2.05) is 6.08 Å². The lowest BCUT2D eigenvalue weighted by Gasteiger charge is -2.40. The van der Waals surface area contributed by atoms with Crippen molar-refractivity contribution in [3.8, 4) is 0 Å². The highest BCUT2D eigenvalue weighted by molar-refractivity contribution is 5.76. The Kier molecular flexibility index (Phi) is 57.9. The van der Waals surface area contributed by atoms with Gasteiger partial charge in [-0.25, -0.2) is 0 Å². The molecule has 0 spiro atoms. The van der Waals surface area contributed by atoms with Gasteiger partial charge in [-0.1, -0.05) is 319 Å². The number of aliphatic hydroxyl groups is 5. The summed E-state index contributed by atoms with van der Waals surface area (Å²) >= 11 is 0. The van der Waals surface area contributed by atoms with Crippen LogP contribution in [0.5, 0.6) is 0 Å². The lowest BCUT2D eigenvalue weighted by Crippen LogP contribution is -2.60. The fraction of sp³-hybridized carbons (Fsp3) is 0.847. The summed E-state index contributed by atoms with van der Waals surface area (Å²) in [5.41, 5.74) is 0. The molecule has 81 heavy (non-hydrogen) atoms. The van der Waals surface area contributed by atoms with E-state index >= 15 is 0 Å². The van der Waals surface area contributed by atoms with Gasteiger partial charge in [0.25, 0.3) is 0 Å². The van der Waals surface area contributed by atoms with E-state index in [9.17, 15) is 30.3 Å². The Balaban J connectivity index is 2.15. The van der Waals surface area contributed by atoms with Crippen molar-refractivity contribution in [1.29, 1.82) is 0 Å². The minimum atomic E-state index is -1.58. The number of carbonyl (C=O) groups excluding carboxylic acids is 1. The van der Waals surface area contributed by atoms with Crippen molar-refractivity contribution in [2.24, 2.45) is 0 Å². The first kappa shape index (κ1) is 76.9. The summed E-state index contributed by atoms with van der Waals surface area (Å²) in [6, 6.07) is -0.828. The Morgan fingerprint density at radius 2 is 0.741 bits per heavy atom. The minimum absolute atomic E-state index is 0.188. The van der Waals surface area contributed by atoms with Gasteiger partial charge in [-0.3, -0.25) is 4.79 Å². The number of allylic oxidation sites excluding steroid dienone is 9. The van der Waals surface area contributed by atoms with E-state index < -0.39 is 49.5 Å². The second-order valence-electron chi connectivity index (χ2n) is 24.3. The average Bonchev–Trinajstić information content (AvgIpc) is 3.49. The molecule has 7 atom stereocenters. The number of unbranched alkanes of at least 4 members (excludes halogenated alkanes) is 43. The molecule has 0 aromatic heterocycles. The van der Waals surface area contributed by atoms with Gasteiger partial charge in [0.1, 0.15) is 24.4 Å². The van der Waals surface area contributed by atoms with E-state index in [4.69, 9.17) is 9.47 Å². The molecular weight excluding hydrogens is 1010 g/mol. The van der Waals surface area contributed by atoms with Crippen molar-refractivity contribution in [1.82, 2.24) is 5.32 Å². The van der Waals surface area contributed by atoms with Crippen molar-refractivity contribution >= 4 is 5.91 Å². The summed E-state index contributed by atoms with van der Waals surface area (Å²) in [5.74, 6) is -0.188. The lowest BCUT2D eigenvalue weighted by atomic mass is 9.99. The zero-order valence-corrected chi connectivity index (χ0v) is 53.0. The molecule has 6 N–H and O–H groups in total. The van der Waals surface area contributed by atoms with Crippen LogP contribution in [0.3, 0.4) is 0 Å². The highest BCUT2D eigenvalue weighted by Crippen LogP contribution is 2.23. The number of aliphatic hydroxyl groups excluding tert-OH is 5. The molecule has 1 saturated heterocycles. The molecule has 474 valence electrons. The number of carbonyl (C=O) groups is 1. The first-order chi connectivity index (χ1) is 39.8. The molecular formula is C72H133NO8. The zero-order valence-electron chi connectivity index (χ0n) is 53.0. The van der Waals surface area contributed by atoms with Gasteiger partial charge >= 0.3 is 0 Å². The molecule has 1 aliphatic heterocycles. The Morgan fingerprint density at radius 3 is 1.12 bits per heavy atom. The third-order valence-electron chi connectivity index (χ3n) is 16.6. The Bertz CT molecular complexity index is 1460. The summed E-state index contributed by atoms with van der Waals surface area (Å²) < 4.78 is 11.3. The van der Waals surface area contributed by atoms with Crippen LogP contribution < -0.4 is 5.32 Å². The number of hydrogen-bond acceptors (Lipinski definition) is 8. The largest absolute Gasteiger partial charge is 0.394 e. The highest BCUT2D eigenvalue weighted by Gasteiger charge is 2.44. The fourth-order valence-corrected chi connectivity index (χ4v) is 11.1. The van der Waals surface area contributed by atoms with E-state index in [-0.39, 0.29) is 12.5 Å². The Morgan fingerprint density at radius 1 is 0.420 bits per heavy atom. The molecule has 0 radical (unpaired) electrons. The first-order valence-electron chi connectivity index (χ1n) is 35.0. The standard InChI is InChI=1S/C72H133NO8/c1-3-5-7-9-11-13-15-17-19-21-23-25-27-29-30-31-32-33-34-35-36-38-39-41-43-45-47-49-51-53-55-57-59-61-66(75)65(64-80-72-71(79)70(78)69(77)67(63-74)81-72)73-68(76)62-60-58-56-54-52-50-48-46-44-42-40-37-28-26-24-22-20-18-16-14-12-10-8-6-4-2/h16,18,22,24,28,37,51,53,59,61,65-67,69-72,74-75,77-79H,3-15,17,19-21,23,25-27,29-36,38-50,52,54-58,60,62-64H2,1-2H3,(H,73,76)/b18-16-,24-22-,37-28-,53-51+,61-59+. The van der Waals surface area contributed by atoms with Gasteiger partial charge in [0.15, 0.2) is 6.29 Å². The van der Waals surface area contributed by atoms with Crippen molar-refractivity contribution in [2.75, 3.05) is 13.2 Å². The molecule has 0 aromatic carbocycles. The average molecular weight is 1140 g/mol. The Hall–Kier alpha value is -2.11. The molecule has 0 aliphatic carbocycles. The summed E-state index contributed by atoms with van der Waals surface area (Å²) in [4.78, 5) is 13.1. The van der Waals surface area contributed by atoms with Gasteiger partial charge < -0.3 is 40.3 Å². The van der Waals surface area contributed by atoms with E-state index in [0.717, 1.165) is 51.4 Å². The molecule has 0 saturated carbocycles. The van der Waals surface area contributed by atoms with Crippen molar-refractivity contribution in [3.63, 3.8) is 0 Å². The summed E-state index contributed by atoms with van der Waals surface area (Å²) in [7, 11) is 0. The van der Waals surface area contributed by atoms with Crippen LogP contribution >= 0.6 is 0 Å². The molecule has 9 heteroatoms. The quantitative estimate of drug-likeness (QED) is 0.0261. The number of ether oxygens (including phenoxy) is 2. The molecule has 0 bridgehead atoms. The minimum Gasteiger partial charge on any atom is -0.394 e. The molecule has 9 nitrogen and oxygen atoms in total. The maximum absolute atomic E-state index is 13.1. The van der Waals surface area contributed by atoms with Crippen LogP contribution in [0.25, 0.3) is 0 Å². The third-order valence-corrected chi connectivity index (χ3v) is 16.6. The van der Waals surface area contributed by atoms with Crippen LogP contribution in [-0.2, 0) is 14.3 Å². The molecule has 1 fully saturated rings. The van der Waals surface area contributed by atoms with Crippen LogP contribution in [0, 0.1) is 0 Å². The summed E-state index contributed by atoms with van der Waals surface area (Å²) in [6.07, 6.45) is 77.6. The fourth-order valence-electron chi connectivity index (χ4n) is 11.1. The van der Waals surface area contributed by atoms with Crippen LogP contribution in [-0.4, -0.2) is 87.5 Å². The zero-order chi connectivity index (χ0) is 58.6. The molecule has 1 amide bonds. The van der Waals surface area contributed by atoms with Crippen LogP contribution in [0.15, 0.2) is 60.8 Å². The van der Waals surface area contributed by atoms with Gasteiger partial charge in [0, 0.05) is 6.42 Å². The monoisotopic (exact) mass is 1140 g/mol. The van der Waals surface area contributed by atoms with E-state index in [2.05, 4.69) is 67.8 Å². The van der Waals surface area contributed by atoms with Gasteiger partial charge in [0.2, 0.25) is 5.91 Å². The second-order valence-corrected chi connectivity index (χ2v) is 24.3. The van der Waals surface area contributed by atoms with Crippen molar-refractivity contribution < 1.29 is 39.8 Å². The molecule has 1 aliphatic rings.